The molecule has 1 saturated carbocycles. The fourth-order valence-corrected chi connectivity index (χ4v) is 4.70. The van der Waals surface area contributed by atoms with Crippen LogP contribution in [0.25, 0.3) is 0 Å². The molecule has 2 rings (SSSR count). The Hall–Kier alpha value is -0.160. The summed E-state index contributed by atoms with van der Waals surface area (Å²) in [5.74, 6) is 0. The van der Waals surface area contributed by atoms with E-state index in [-0.39, 0.29) is 11.0 Å². The number of hydrogen-bond donors (Lipinski definition) is 0. The van der Waals surface area contributed by atoms with Crippen molar-refractivity contribution in [2.24, 2.45) is 5.41 Å². The van der Waals surface area contributed by atoms with Crippen molar-refractivity contribution in [3.05, 3.63) is 0 Å². The summed E-state index contributed by atoms with van der Waals surface area (Å²) in [5.41, 5.74) is 0.226. The number of hydrogen-bond acceptors (Lipinski definition) is 4. The molecule has 0 aromatic carbocycles. The fourth-order valence-electron chi connectivity index (χ4n) is 4.70. The number of ether oxygens (including phenoxy) is 2. The molecule has 1 aliphatic carbocycles. The Kier molecular flexibility index (Phi) is 13.9. The number of piperazine rings is 1. The summed E-state index contributed by atoms with van der Waals surface area (Å²) in [4.78, 5) is 5.05. The lowest BCUT2D eigenvalue weighted by Gasteiger charge is -2.42. The van der Waals surface area contributed by atoms with Gasteiger partial charge in [0.25, 0.3) is 0 Å². The predicted octanol–water partition coefficient (Wildman–Crippen LogP) is 5.46. The zero-order valence-corrected chi connectivity index (χ0v) is 20.9. The summed E-state index contributed by atoms with van der Waals surface area (Å²) in [7, 11) is 4.05. The normalized spacial score (nSPS) is 24.6. The highest BCUT2D eigenvalue weighted by Crippen LogP contribution is 2.34. The van der Waals surface area contributed by atoms with Gasteiger partial charge in [-0.05, 0) is 58.4 Å². The van der Waals surface area contributed by atoms with Crippen LogP contribution in [0.4, 0.5) is 0 Å². The maximum atomic E-state index is 6.53. The monoisotopic (exact) mass is 400 g/mol. The molecule has 0 unspecified atom stereocenters. The van der Waals surface area contributed by atoms with Crippen LogP contribution in [0.15, 0.2) is 0 Å². The van der Waals surface area contributed by atoms with Gasteiger partial charge in [0.1, 0.15) is 0 Å². The molecule has 2 aliphatic rings. The molecule has 2 fully saturated rings. The van der Waals surface area contributed by atoms with E-state index in [4.69, 9.17) is 9.47 Å². The fraction of sp³-hybridized carbons (Fsp3) is 1.00. The van der Waals surface area contributed by atoms with Gasteiger partial charge in [-0.15, -0.1) is 0 Å². The molecule has 1 aliphatic heterocycles. The molecule has 0 radical (unpaired) electrons. The quantitative estimate of drug-likeness (QED) is 0.567. The molecule has 4 heteroatoms. The average Bonchev–Trinajstić information content (AvgIpc) is 2.66. The van der Waals surface area contributed by atoms with Crippen LogP contribution in [0.5, 0.6) is 0 Å². The van der Waals surface area contributed by atoms with Crippen molar-refractivity contribution < 1.29 is 9.47 Å². The van der Waals surface area contributed by atoms with Gasteiger partial charge >= 0.3 is 0 Å². The first-order valence-electron chi connectivity index (χ1n) is 11.8. The third kappa shape index (κ3) is 11.1. The van der Waals surface area contributed by atoms with Gasteiger partial charge in [0.15, 0.2) is 0 Å². The lowest BCUT2D eigenvalue weighted by Crippen LogP contribution is -2.49. The highest BCUT2D eigenvalue weighted by Gasteiger charge is 2.34. The third-order valence-electron chi connectivity index (χ3n) is 5.59. The Morgan fingerprint density at radius 3 is 1.71 bits per heavy atom. The van der Waals surface area contributed by atoms with Crippen LogP contribution < -0.4 is 0 Å². The van der Waals surface area contributed by atoms with Crippen molar-refractivity contribution in [2.75, 3.05) is 46.9 Å². The molecule has 170 valence electrons. The van der Waals surface area contributed by atoms with E-state index in [2.05, 4.69) is 44.5 Å². The van der Waals surface area contributed by atoms with Crippen molar-refractivity contribution in [1.29, 1.82) is 0 Å². The number of rotatable bonds is 7. The van der Waals surface area contributed by atoms with Crippen LogP contribution in [0.1, 0.15) is 87.5 Å². The molecule has 0 amide bonds. The Labute approximate surface area is 177 Å². The molecular formula is C24H52N2O2. The van der Waals surface area contributed by atoms with Gasteiger partial charge in [-0.25, -0.2) is 0 Å². The summed E-state index contributed by atoms with van der Waals surface area (Å²) in [6.07, 6.45) is 6.52. The summed E-state index contributed by atoms with van der Waals surface area (Å²) < 4.78 is 12.0. The van der Waals surface area contributed by atoms with Gasteiger partial charge in [-0.3, -0.25) is 0 Å². The molecule has 0 bridgehead atoms. The molecule has 1 heterocycles. The lowest BCUT2D eigenvalue weighted by molar-refractivity contribution is -0.116. The number of likely N-dealkylation sites (N-methyl/N-ethyl adjacent to an activating group) is 1. The lowest BCUT2D eigenvalue weighted by atomic mass is 9.80. The van der Waals surface area contributed by atoms with E-state index in [9.17, 15) is 0 Å². The largest absolute Gasteiger partial charge is 0.381 e. The van der Waals surface area contributed by atoms with Crippen molar-refractivity contribution in [3.63, 3.8) is 0 Å². The first kappa shape index (κ1) is 27.8. The van der Waals surface area contributed by atoms with E-state index in [1.54, 1.807) is 0 Å². The molecule has 0 aromatic heterocycles. The second kappa shape index (κ2) is 14.0. The minimum atomic E-state index is -0.0549. The summed E-state index contributed by atoms with van der Waals surface area (Å²) in [6.45, 7) is 23.3. The Bertz CT molecular complexity index is 369. The molecule has 0 aromatic rings. The van der Waals surface area contributed by atoms with E-state index in [0.29, 0.717) is 12.2 Å². The van der Waals surface area contributed by atoms with Crippen molar-refractivity contribution >= 4 is 0 Å². The minimum absolute atomic E-state index is 0.0549. The molecule has 4 nitrogen and oxygen atoms in total. The SMILES string of the molecule is CC.CC.COC1CCC(OC(C)(C)CC(C)(C)CN2CCN(C)CC2)CC1. The first-order chi connectivity index (χ1) is 13.2. The van der Waals surface area contributed by atoms with Crippen LogP contribution >= 0.6 is 0 Å². The minimum Gasteiger partial charge on any atom is -0.381 e. The molecule has 28 heavy (non-hydrogen) atoms. The van der Waals surface area contributed by atoms with Gasteiger partial charge in [-0.2, -0.15) is 0 Å². The predicted molar refractivity (Wildman–Crippen MR) is 123 cm³/mol. The van der Waals surface area contributed by atoms with E-state index in [1.807, 2.05) is 34.8 Å². The maximum Gasteiger partial charge on any atom is 0.0635 e. The Morgan fingerprint density at radius 2 is 1.25 bits per heavy atom. The second-order valence-electron chi connectivity index (χ2n) is 9.43. The zero-order valence-electron chi connectivity index (χ0n) is 20.9. The standard InChI is InChI=1S/C20H40N2O2.2C2H6/c1-19(2,16-22-13-11-21(5)12-14-22)15-20(3,4)24-18-9-7-17(23-6)8-10-18;2*1-2/h17-18H,7-16H2,1-6H3;2*1-2H3. The summed E-state index contributed by atoms with van der Waals surface area (Å²) in [5, 5.41) is 0. The Balaban J connectivity index is 0.00000171. The topological polar surface area (TPSA) is 24.9 Å². The van der Waals surface area contributed by atoms with Crippen LogP contribution in [0.3, 0.4) is 0 Å². The zero-order chi connectivity index (χ0) is 21.8. The van der Waals surface area contributed by atoms with Crippen molar-refractivity contribution in [3.8, 4) is 0 Å². The van der Waals surface area contributed by atoms with E-state index >= 15 is 0 Å². The van der Waals surface area contributed by atoms with Gasteiger partial charge in [0.2, 0.25) is 0 Å². The van der Waals surface area contributed by atoms with Gasteiger partial charge in [0, 0.05) is 39.8 Å². The van der Waals surface area contributed by atoms with Crippen molar-refractivity contribution in [1.82, 2.24) is 9.80 Å². The van der Waals surface area contributed by atoms with Crippen LogP contribution in [0.2, 0.25) is 0 Å². The maximum absolute atomic E-state index is 6.53. The molecular weight excluding hydrogens is 348 g/mol. The average molecular weight is 401 g/mol. The van der Waals surface area contributed by atoms with Crippen molar-refractivity contribution in [2.45, 2.75) is 105 Å². The number of methoxy groups -OCH3 is 1. The molecule has 0 N–H and O–H groups in total. The smallest absolute Gasteiger partial charge is 0.0635 e. The third-order valence-corrected chi connectivity index (χ3v) is 5.59. The molecule has 0 atom stereocenters. The molecule has 0 spiro atoms. The van der Waals surface area contributed by atoms with Gasteiger partial charge in [0.05, 0.1) is 17.8 Å². The number of nitrogens with zero attached hydrogens (tertiary/aromatic N) is 2. The van der Waals surface area contributed by atoms with E-state index in [1.165, 1.54) is 32.7 Å². The Morgan fingerprint density at radius 1 is 0.786 bits per heavy atom. The van der Waals surface area contributed by atoms with Crippen LogP contribution in [-0.2, 0) is 9.47 Å². The summed E-state index contributed by atoms with van der Waals surface area (Å²) >= 11 is 0. The summed E-state index contributed by atoms with van der Waals surface area (Å²) in [6, 6.07) is 0. The van der Waals surface area contributed by atoms with Crippen LogP contribution in [0, 0.1) is 5.41 Å². The highest BCUT2D eigenvalue weighted by molar-refractivity contribution is 4.86. The van der Waals surface area contributed by atoms with Crippen LogP contribution in [-0.4, -0.2) is 74.5 Å². The second-order valence-corrected chi connectivity index (χ2v) is 9.43. The van der Waals surface area contributed by atoms with Gasteiger partial charge < -0.3 is 19.3 Å². The molecule has 1 saturated heterocycles. The highest BCUT2D eigenvalue weighted by atomic mass is 16.5. The van der Waals surface area contributed by atoms with E-state index < -0.39 is 0 Å². The first-order valence-corrected chi connectivity index (χ1v) is 11.8. The van der Waals surface area contributed by atoms with Gasteiger partial charge in [-0.1, -0.05) is 41.5 Å². The van der Waals surface area contributed by atoms with E-state index in [0.717, 1.165) is 32.1 Å².